The number of aromatic nitrogens is 3. The maximum atomic E-state index is 12.8. The van der Waals surface area contributed by atoms with Crippen molar-refractivity contribution in [2.45, 2.75) is 35.8 Å². The van der Waals surface area contributed by atoms with E-state index in [2.05, 4.69) is 9.97 Å². The van der Waals surface area contributed by atoms with Crippen LogP contribution in [0.4, 0.5) is 0 Å². The van der Waals surface area contributed by atoms with E-state index < -0.39 is 9.84 Å². The number of rotatable bonds is 6. The highest BCUT2D eigenvalue weighted by molar-refractivity contribution is 7.93. The van der Waals surface area contributed by atoms with Crippen molar-refractivity contribution < 1.29 is 13.2 Å². The third-order valence-corrected chi connectivity index (χ3v) is 8.14. The molecule has 0 spiro atoms. The quantitative estimate of drug-likeness (QED) is 0.435. The molecule has 0 saturated carbocycles. The van der Waals surface area contributed by atoms with Gasteiger partial charge < -0.3 is 4.40 Å². The van der Waals surface area contributed by atoms with Gasteiger partial charge in [0.05, 0.1) is 15.6 Å². The first kappa shape index (κ1) is 19.5. The third-order valence-electron chi connectivity index (χ3n) is 4.69. The van der Waals surface area contributed by atoms with Crippen LogP contribution in [0.25, 0.3) is 5.65 Å². The van der Waals surface area contributed by atoms with Crippen LogP contribution in [-0.2, 0) is 16.3 Å². The molecule has 1 aromatic carbocycles. The number of thiazole rings is 1. The van der Waals surface area contributed by atoms with Gasteiger partial charge in [-0.1, -0.05) is 12.1 Å². The zero-order valence-electron chi connectivity index (χ0n) is 16.0. The van der Waals surface area contributed by atoms with Crippen molar-refractivity contribution in [2.24, 2.45) is 0 Å². The number of sulfone groups is 1. The summed E-state index contributed by atoms with van der Waals surface area (Å²) in [6.07, 6.45) is 6.16. The second-order valence-corrected chi connectivity index (χ2v) is 10.1. The number of nitrogens with zero attached hydrogens (tertiary/aromatic N) is 3. The minimum atomic E-state index is -3.57. The largest absolute Gasteiger partial charge is 0.306 e. The lowest BCUT2D eigenvalue weighted by Gasteiger charge is -2.06. The molecule has 0 aliphatic heterocycles. The van der Waals surface area contributed by atoms with Crippen LogP contribution in [0.5, 0.6) is 0 Å². The number of hydrogen-bond acceptors (Lipinski definition) is 6. The van der Waals surface area contributed by atoms with Crippen molar-refractivity contribution in [1.82, 2.24) is 14.4 Å². The molecule has 0 fully saturated rings. The number of pyridine rings is 1. The normalized spacial score (nSPS) is 11.8. The van der Waals surface area contributed by atoms with Crippen molar-refractivity contribution >= 4 is 32.6 Å². The van der Waals surface area contributed by atoms with Crippen molar-refractivity contribution in [2.75, 3.05) is 0 Å². The SMILES string of the molecule is Cc1nc(C)c(S(=O)(=O)c2ccc(CCC(=O)c3ccc4nccn4c3)cc2)s1. The smallest absolute Gasteiger partial charge is 0.217 e. The number of carbonyl (C=O) groups excluding carboxylic acids is 1. The Balaban J connectivity index is 1.46. The van der Waals surface area contributed by atoms with E-state index in [1.807, 2.05) is 10.5 Å². The first-order chi connectivity index (χ1) is 13.8. The number of hydrogen-bond donors (Lipinski definition) is 0. The number of benzene rings is 1. The molecule has 4 rings (SSSR count). The molecule has 29 heavy (non-hydrogen) atoms. The van der Waals surface area contributed by atoms with E-state index in [1.165, 1.54) is 11.3 Å². The minimum absolute atomic E-state index is 0.0352. The molecule has 0 saturated heterocycles. The van der Waals surface area contributed by atoms with Crippen LogP contribution < -0.4 is 0 Å². The summed E-state index contributed by atoms with van der Waals surface area (Å²) in [5, 5.41) is 0.727. The standard InChI is InChI=1S/C21H19N3O3S2/c1-14-21(28-15(2)23-14)29(26,27)18-7-3-16(4-8-18)5-9-19(25)17-6-10-20-22-11-12-24(20)13-17/h3-4,6-8,10-13H,5,9H2,1-2H3. The Morgan fingerprint density at radius 3 is 2.55 bits per heavy atom. The third kappa shape index (κ3) is 3.86. The van der Waals surface area contributed by atoms with Gasteiger partial charge in [-0.15, -0.1) is 11.3 Å². The summed E-state index contributed by atoms with van der Waals surface area (Å²) in [5.41, 5.74) is 2.87. The summed E-state index contributed by atoms with van der Waals surface area (Å²) < 4.78 is 27.7. The predicted molar refractivity (Wildman–Crippen MR) is 111 cm³/mol. The van der Waals surface area contributed by atoms with Crippen molar-refractivity contribution in [1.29, 1.82) is 0 Å². The van der Waals surface area contributed by atoms with E-state index in [0.717, 1.165) is 16.2 Å². The zero-order valence-corrected chi connectivity index (χ0v) is 17.6. The van der Waals surface area contributed by atoms with E-state index in [4.69, 9.17) is 0 Å². The summed E-state index contributed by atoms with van der Waals surface area (Å²) in [5.74, 6) is 0.0352. The van der Waals surface area contributed by atoms with Crippen LogP contribution in [0.15, 0.2) is 64.1 Å². The summed E-state index contributed by atoms with van der Waals surface area (Å²) in [4.78, 5) is 21.1. The van der Waals surface area contributed by atoms with Gasteiger partial charge in [-0.3, -0.25) is 4.79 Å². The number of ketones is 1. The minimum Gasteiger partial charge on any atom is -0.306 e. The Morgan fingerprint density at radius 1 is 1.10 bits per heavy atom. The molecular weight excluding hydrogens is 406 g/mol. The first-order valence-corrected chi connectivity index (χ1v) is 11.4. The number of fused-ring (bicyclic) bond motifs is 1. The molecule has 0 aliphatic rings. The Hall–Kier alpha value is -2.84. The van der Waals surface area contributed by atoms with E-state index in [0.29, 0.717) is 24.1 Å². The van der Waals surface area contributed by atoms with Gasteiger partial charge in [0.1, 0.15) is 9.86 Å². The number of imidazole rings is 1. The van der Waals surface area contributed by atoms with Gasteiger partial charge in [0, 0.05) is 30.6 Å². The average Bonchev–Trinajstić information content (AvgIpc) is 3.31. The Morgan fingerprint density at radius 2 is 1.86 bits per heavy atom. The van der Waals surface area contributed by atoms with E-state index in [1.54, 1.807) is 62.8 Å². The molecule has 0 unspecified atom stereocenters. The fraction of sp³-hybridized carbons (Fsp3) is 0.190. The summed E-state index contributed by atoms with van der Waals surface area (Å²) in [6, 6.07) is 10.3. The molecule has 3 aromatic heterocycles. The molecule has 4 aromatic rings. The summed E-state index contributed by atoms with van der Waals surface area (Å²) in [7, 11) is -3.57. The maximum Gasteiger partial charge on any atom is 0.217 e. The lowest BCUT2D eigenvalue weighted by atomic mass is 10.0. The zero-order chi connectivity index (χ0) is 20.6. The van der Waals surface area contributed by atoms with Crippen molar-refractivity contribution in [3.8, 4) is 0 Å². The molecule has 0 aliphatic carbocycles. The second kappa shape index (κ2) is 7.53. The van der Waals surface area contributed by atoms with E-state index in [9.17, 15) is 13.2 Å². The number of Topliss-reactive ketones (excluding diaryl/α,β-unsaturated/α-hetero) is 1. The average molecular weight is 426 g/mol. The van der Waals surface area contributed by atoms with Crippen LogP contribution in [-0.4, -0.2) is 28.6 Å². The lowest BCUT2D eigenvalue weighted by molar-refractivity contribution is 0.0982. The molecule has 3 heterocycles. The molecule has 0 radical (unpaired) electrons. The van der Waals surface area contributed by atoms with Crippen molar-refractivity contribution in [3.63, 3.8) is 0 Å². The van der Waals surface area contributed by atoms with Gasteiger partial charge in [-0.05, 0) is 50.1 Å². The second-order valence-electron chi connectivity index (χ2n) is 6.79. The Kier molecular flexibility index (Phi) is 5.06. The monoisotopic (exact) mass is 425 g/mol. The van der Waals surface area contributed by atoms with Gasteiger partial charge in [0.15, 0.2) is 5.78 Å². The number of aryl methyl sites for hydroxylation is 3. The summed E-state index contributed by atoms with van der Waals surface area (Å²) >= 11 is 1.18. The first-order valence-electron chi connectivity index (χ1n) is 9.08. The Labute approximate surface area is 172 Å². The highest BCUT2D eigenvalue weighted by Gasteiger charge is 2.23. The highest BCUT2D eigenvalue weighted by atomic mass is 32.2. The molecule has 6 nitrogen and oxygen atoms in total. The number of carbonyl (C=O) groups is 1. The van der Waals surface area contributed by atoms with Gasteiger partial charge in [-0.25, -0.2) is 18.4 Å². The van der Waals surface area contributed by atoms with Crippen molar-refractivity contribution in [3.05, 3.63) is 76.8 Å². The van der Waals surface area contributed by atoms with Crippen LogP contribution >= 0.6 is 11.3 Å². The maximum absolute atomic E-state index is 12.8. The molecular formula is C21H19N3O3S2. The fourth-order valence-corrected chi connectivity index (χ4v) is 6.07. The van der Waals surface area contributed by atoms with Gasteiger partial charge >= 0.3 is 0 Å². The van der Waals surface area contributed by atoms with Crippen LogP contribution in [0.1, 0.15) is 33.0 Å². The lowest BCUT2D eigenvalue weighted by Crippen LogP contribution is -2.04. The fourth-order valence-electron chi connectivity index (χ4n) is 3.19. The molecule has 0 bridgehead atoms. The Bertz CT molecular complexity index is 1300. The van der Waals surface area contributed by atoms with Crippen LogP contribution in [0.2, 0.25) is 0 Å². The van der Waals surface area contributed by atoms with Crippen LogP contribution in [0, 0.1) is 13.8 Å². The molecule has 8 heteroatoms. The topological polar surface area (TPSA) is 81.4 Å². The van der Waals surface area contributed by atoms with Gasteiger partial charge in [0.2, 0.25) is 9.84 Å². The summed E-state index contributed by atoms with van der Waals surface area (Å²) in [6.45, 7) is 3.50. The van der Waals surface area contributed by atoms with Gasteiger partial charge in [-0.2, -0.15) is 0 Å². The van der Waals surface area contributed by atoms with E-state index in [-0.39, 0.29) is 14.9 Å². The molecule has 0 N–H and O–H groups in total. The van der Waals surface area contributed by atoms with Crippen LogP contribution in [0.3, 0.4) is 0 Å². The molecule has 0 amide bonds. The van der Waals surface area contributed by atoms with E-state index >= 15 is 0 Å². The molecule has 0 atom stereocenters. The predicted octanol–water partition coefficient (Wildman–Crippen LogP) is 4.06. The highest BCUT2D eigenvalue weighted by Crippen LogP contribution is 2.29. The molecule has 148 valence electrons. The van der Waals surface area contributed by atoms with Gasteiger partial charge in [0.25, 0.3) is 0 Å².